The number of benzene rings is 4. The molecule has 7 rings (SSSR count). The summed E-state index contributed by atoms with van der Waals surface area (Å²) >= 11 is 0. The molecule has 0 aliphatic carbocycles. The minimum atomic E-state index is -0.315. The Bertz CT molecular complexity index is 2280. The summed E-state index contributed by atoms with van der Waals surface area (Å²) in [5.41, 5.74) is 7.38. The van der Waals surface area contributed by atoms with Crippen molar-refractivity contribution in [2.24, 2.45) is 0 Å². The third-order valence-electron chi connectivity index (χ3n) is 7.11. The van der Waals surface area contributed by atoms with Crippen LogP contribution < -0.4 is 0 Å². The molecule has 0 spiro atoms. The summed E-state index contributed by atoms with van der Waals surface area (Å²) < 4.78 is 37.0. The molecule has 0 saturated carbocycles. The van der Waals surface area contributed by atoms with Gasteiger partial charge in [-0.2, -0.15) is 5.26 Å². The fraction of sp³-hybridized carbons (Fsp3) is 0.103. The van der Waals surface area contributed by atoms with Gasteiger partial charge in [-0.3, -0.25) is 0 Å². The average Bonchev–Trinajstić information content (AvgIpc) is 3.48. The number of rotatable bonds is 3. The van der Waals surface area contributed by atoms with Crippen LogP contribution in [0.1, 0.15) is 37.4 Å². The van der Waals surface area contributed by atoms with Gasteiger partial charge < -0.3 is 14.4 Å². The van der Waals surface area contributed by atoms with E-state index in [9.17, 15) is 5.26 Å². The van der Waals surface area contributed by atoms with Gasteiger partial charge in [0.15, 0.2) is 0 Å². The predicted octanol–water partition coefficient (Wildman–Crippen LogP) is 9.83. The van der Waals surface area contributed by atoms with Crippen molar-refractivity contribution in [3.05, 3.63) is 145 Å². The van der Waals surface area contributed by atoms with Crippen molar-refractivity contribution in [2.45, 2.75) is 26.2 Å². The Kier molecular flexibility index (Phi) is 7.67. The SMILES string of the molecule is N#Cc1ccc2c(oc3c(-c4ccccn4)[c-]ccc32)c1-c1ccccc1.[2H]c1nc(-c2[c-]cc(C(C)(C)C)cc2)c([2H])c([2H])c1[2H].[Ir]. The van der Waals surface area contributed by atoms with Crippen molar-refractivity contribution in [1.82, 2.24) is 9.97 Å². The number of pyridine rings is 2. The number of nitriles is 1. The molecule has 4 aromatic carbocycles. The van der Waals surface area contributed by atoms with Gasteiger partial charge in [-0.15, -0.1) is 53.6 Å². The molecule has 217 valence electrons. The Morgan fingerprint density at radius 2 is 1.61 bits per heavy atom. The maximum absolute atomic E-state index is 9.64. The molecular formula is C39H29IrN3O-2. The first-order valence-corrected chi connectivity index (χ1v) is 13.8. The van der Waals surface area contributed by atoms with Gasteiger partial charge in [-0.25, -0.2) is 0 Å². The van der Waals surface area contributed by atoms with Crippen molar-refractivity contribution in [2.75, 3.05) is 0 Å². The second-order valence-corrected chi connectivity index (χ2v) is 10.9. The molecule has 0 N–H and O–H groups in total. The van der Waals surface area contributed by atoms with Gasteiger partial charge in [0.2, 0.25) is 0 Å². The molecule has 7 aromatic rings. The van der Waals surface area contributed by atoms with Crippen molar-refractivity contribution >= 4 is 21.9 Å². The quantitative estimate of drug-likeness (QED) is 0.169. The van der Waals surface area contributed by atoms with Crippen molar-refractivity contribution < 1.29 is 30.0 Å². The molecule has 3 heterocycles. The normalized spacial score (nSPS) is 12.1. The first-order valence-electron chi connectivity index (χ1n) is 15.8. The summed E-state index contributed by atoms with van der Waals surface area (Å²) in [6.45, 7) is 6.30. The maximum atomic E-state index is 9.64. The second kappa shape index (κ2) is 13.2. The molecule has 0 fully saturated rings. The topological polar surface area (TPSA) is 62.7 Å². The second-order valence-electron chi connectivity index (χ2n) is 10.9. The average molecular weight is 752 g/mol. The minimum Gasteiger partial charge on any atom is -0.500 e. The van der Waals surface area contributed by atoms with E-state index >= 15 is 0 Å². The fourth-order valence-electron chi connectivity index (χ4n) is 4.89. The summed E-state index contributed by atoms with van der Waals surface area (Å²) in [4.78, 5) is 8.38. The Balaban J connectivity index is 0.000000193. The molecule has 1 radical (unpaired) electrons. The van der Waals surface area contributed by atoms with E-state index < -0.39 is 0 Å². The van der Waals surface area contributed by atoms with E-state index in [0.717, 1.165) is 44.3 Å². The van der Waals surface area contributed by atoms with Crippen LogP contribution in [-0.2, 0) is 25.5 Å². The zero-order valence-electron chi connectivity index (χ0n) is 28.3. The zero-order valence-corrected chi connectivity index (χ0v) is 26.7. The third kappa shape index (κ3) is 6.24. The summed E-state index contributed by atoms with van der Waals surface area (Å²) in [6, 6.07) is 36.8. The van der Waals surface area contributed by atoms with E-state index in [0.29, 0.717) is 16.7 Å². The summed E-state index contributed by atoms with van der Waals surface area (Å²) in [5.74, 6) is 0. The van der Waals surface area contributed by atoms with E-state index in [4.69, 9.17) is 9.90 Å². The number of furan rings is 1. The standard InChI is InChI=1S/C24H13N2O.C15H16N.Ir/c25-15-17-12-13-19-18-9-6-10-20(21-11-4-5-14-26-21)23(18)27-24(19)22(17)16-7-2-1-3-8-16;1-15(2,3)13-9-7-12(8-10-13)14-6-4-5-11-16-14;/h1-9,11-14H;4-7,9-11H,1-3H3;/q2*-1;/i;4D,5D,6D,11D;. The minimum absolute atomic E-state index is 0. The maximum Gasteiger partial charge on any atom is 0.130 e. The molecule has 4 nitrogen and oxygen atoms in total. The number of fused-ring (bicyclic) bond motifs is 3. The molecule has 0 unspecified atom stereocenters. The summed E-state index contributed by atoms with van der Waals surface area (Å²) in [6.07, 6.45) is 1.47. The smallest absolute Gasteiger partial charge is 0.130 e. The molecule has 0 atom stereocenters. The van der Waals surface area contributed by atoms with Crippen LogP contribution in [0.3, 0.4) is 0 Å². The number of hydrogen-bond acceptors (Lipinski definition) is 4. The van der Waals surface area contributed by atoms with E-state index in [1.165, 1.54) is 0 Å². The number of aromatic nitrogens is 2. The number of nitrogens with zero attached hydrogens (tertiary/aromatic N) is 3. The van der Waals surface area contributed by atoms with E-state index in [1.54, 1.807) is 12.3 Å². The van der Waals surface area contributed by atoms with Crippen LogP contribution in [0, 0.1) is 23.5 Å². The van der Waals surface area contributed by atoms with Gasteiger partial charge in [0, 0.05) is 43.4 Å². The molecule has 0 amide bonds. The van der Waals surface area contributed by atoms with Gasteiger partial charge in [0.05, 0.1) is 22.7 Å². The molecule has 0 aliphatic heterocycles. The Labute approximate surface area is 277 Å². The molecule has 44 heavy (non-hydrogen) atoms. The van der Waals surface area contributed by atoms with E-state index in [2.05, 4.69) is 48.9 Å². The van der Waals surface area contributed by atoms with Crippen molar-refractivity contribution in [3.63, 3.8) is 0 Å². The van der Waals surface area contributed by atoms with Crippen molar-refractivity contribution in [1.29, 1.82) is 5.26 Å². The zero-order chi connectivity index (χ0) is 33.3. The fourth-order valence-corrected chi connectivity index (χ4v) is 4.89. The van der Waals surface area contributed by atoms with E-state index in [1.807, 2.05) is 84.9 Å². The molecule has 0 aliphatic rings. The van der Waals surface area contributed by atoms with E-state index in [-0.39, 0.29) is 55.5 Å². The summed E-state index contributed by atoms with van der Waals surface area (Å²) in [5, 5.41) is 11.6. The Morgan fingerprint density at radius 3 is 2.32 bits per heavy atom. The molecule has 0 bridgehead atoms. The van der Waals surface area contributed by atoms with Crippen LogP contribution in [0.4, 0.5) is 0 Å². The van der Waals surface area contributed by atoms with Crippen LogP contribution >= 0.6 is 0 Å². The Hall–Kier alpha value is -4.88. The molecule has 0 saturated heterocycles. The first-order chi connectivity index (χ1) is 22.6. The van der Waals surface area contributed by atoms with Crippen molar-refractivity contribution in [3.8, 4) is 39.7 Å². The van der Waals surface area contributed by atoms with Gasteiger partial charge >= 0.3 is 0 Å². The third-order valence-corrected chi connectivity index (χ3v) is 7.11. The molecule has 3 aromatic heterocycles. The predicted molar refractivity (Wildman–Crippen MR) is 173 cm³/mol. The monoisotopic (exact) mass is 752 g/mol. The van der Waals surface area contributed by atoms with Gasteiger partial charge in [0.25, 0.3) is 0 Å². The molecule has 5 heteroatoms. The van der Waals surface area contributed by atoms with Gasteiger partial charge in [-0.05, 0) is 40.5 Å². The summed E-state index contributed by atoms with van der Waals surface area (Å²) in [7, 11) is 0. The van der Waals surface area contributed by atoms with Crippen LogP contribution in [0.2, 0.25) is 0 Å². The van der Waals surface area contributed by atoms with Crippen LogP contribution in [0.5, 0.6) is 0 Å². The molecular weight excluding hydrogens is 719 g/mol. The van der Waals surface area contributed by atoms with Gasteiger partial charge in [0.1, 0.15) is 5.58 Å². The van der Waals surface area contributed by atoms with Crippen LogP contribution in [0.25, 0.3) is 55.6 Å². The Morgan fingerprint density at radius 1 is 0.818 bits per heavy atom. The van der Waals surface area contributed by atoms with Crippen LogP contribution in [0.15, 0.2) is 126 Å². The van der Waals surface area contributed by atoms with Gasteiger partial charge in [-0.1, -0.05) is 92.3 Å². The van der Waals surface area contributed by atoms with Crippen LogP contribution in [-0.4, -0.2) is 9.97 Å². The first kappa shape index (κ1) is 25.6. The largest absolute Gasteiger partial charge is 0.500 e. The number of hydrogen-bond donors (Lipinski definition) is 0.